The Hall–Kier alpha value is -2.58. The van der Waals surface area contributed by atoms with E-state index in [1.165, 1.54) is 0 Å². The van der Waals surface area contributed by atoms with Crippen molar-refractivity contribution in [3.05, 3.63) is 59.7 Å². The molecule has 0 radical (unpaired) electrons. The molecule has 0 spiro atoms. The molecule has 1 aliphatic rings. The number of rotatable bonds is 6. The highest BCUT2D eigenvalue weighted by Crippen LogP contribution is 2.31. The van der Waals surface area contributed by atoms with E-state index in [-0.39, 0.29) is 30.0 Å². The lowest BCUT2D eigenvalue weighted by atomic mass is 10.0. The van der Waals surface area contributed by atoms with Crippen molar-refractivity contribution in [3.63, 3.8) is 0 Å². The number of nitrogens with two attached hydrogens (primary N) is 1. The van der Waals surface area contributed by atoms with Crippen LogP contribution in [0.2, 0.25) is 0 Å². The standard InChI is InChI=1S/C19H24N4O3S/c1-14-6-8-15(9-7-14)27(24,25)22-12-11-21-19(20)23-17-10-13-26-18-5-3-2-4-16(17)18/h2-9,17,22H,10-13H2,1H3,(H3,20,21,23). The number of aliphatic imine (C=N–C) groups is 1. The van der Waals surface area contributed by atoms with E-state index in [9.17, 15) is 8.42 Å². The van der Waals surface area contributed by atoms with Crippen LogP contribution in [0.3, 0.4) is 0 Å². The van der Waals surface area contributed by atoms with Crippen LogP contribution in [0.4, 0.5) is 0 Å². The van der Waals surface area contributed by atoms with E-state index in [0.29, 0.717) is 6.61 Å². The Morgan fingerprint density at radius 2 is 1.96 bits per heavy atom. The molecule has 0 saturated carbocycles. The van der Waals surface area contributed by atoms with Gasteiger partial charge in [0.1, 0.15) is 5.75 Å². The van der Waals surface area contributed by atoms with Gasteiger partial charge in [-0.1, -0.05) is 35.9 Å². The highest BCUT2D eigenvalue weighted by atomic mass is 32.2. The van der Waals surface area contributed by atoms with Crippen molar-refractivity contribution >= 4 is 16.0 Å². The number of guanidine groups is 1. The van der Waals surface area contributed by atoms with E-state index in [4.69, 9.17) is 10.5 Å². The predicted octanol–water partition coefficient (Wildman–Crippen LogP) is 1.70. The van der Waals surface area contributed by atoms with Crippen molar-refractivity contribution in [2.24, 2.45) is 10.7 Å². The number of hydrogen-bond donors (Lipinski definition) is 3. The summed E-state index contributed by atoms with van der Waals surface area (Å²) in [5.41, 5.74) is 8.01. The molecule has 4 N–H and O–H groups in total. The first-order chi connectivity index (χ1) is 13.0. The molecule has 144 valence electrons. The van der Waals surface area contributed by atoms with Gasteiger partial charge in [0, 0.05) is 18.5 Å². The van der Waals surface area contributed by atoms with Gasteiger partial charge in [0.15, 0.2) is 5.96 Å². The second-order valence-corrected chi connectivity index (χ2v) is 8.12. The number of hydrogen-bond acceptors (Lipinski definition) is 4. The number of sulfonamides is 1. The second kappa shape index (κ2) is 8.41. The monoisotopic (exact) mass is 388 g/mol. The van der Waals surface area contributed by atoms with Crippen LogP contribution in [-0.2, 0) is 10.0 Å². The van der Waals surface area contributed by atoms with E-state index in [1.807, 2.05) is 31.2 Å². The summed E-state index contributed by atoms with van der Waals surface area (Å²) >= 11 is 0. The third kappa shape index (κ3) is 4.99. The molecular formula is C19H24N4O3S. The molecule has 7 nitrogen and oxygen atoms in total. The van der Waals surface area contributed by atoms with Crippen LogP contribution in [0.25, 0.3) is 0 Å². The third-order valence-electron chi connectivity index (χ3n) is 4.30. The molecule has 0 saturated heterocycles. The van der Waals surface area contributed by atoms with E-state index in [2.05, 4.69) is 15.0 Å². The second-order valence-electron chi connectivity index (χ2n) is 6.35. The Morgan fingerprint density at radius 1 is 1.22 bits per heavy atom. The van der Waals surface area contributed by atoms with Crippen LogP contribution in [0.15, 0.2) is 58.4 Å². The summed E-state index contributed by atoms with van der Waals surface area (Å²) in [6.07, 6.45) is 0.785. The van der Waals surface area contributed by atoms with E-state index >= 15 is 0 Å². The summed E-state index contributed by atoms with van der Waals surface area (Å²) in [4.78, 5) is 4.46. The molecule has 0 bridgehead atoms. The van der Waals surface area contributed by atoms with Gasteiger partial charge in [-0.25, -0.2) is 13.1 Å². The van der Waals surface area contributed by atoms with Gasteiger partial charge >= 0.3 is 0 Å². The summed E-state index contributed by atoms with van der Waals surface area (Å²) in [5, 5.41) is 3.18. The number of para-hydroxylation sites is 1. The Balaban J connectivity index is 1.52. The van der Waals surface area contributed by atoms with E-state index in [1.54, 1.807) is 24.3 Å². The van der Waals surface area contributed by atoms with Crippen LogP contribution < -0.4 is 20.5 Å². The Labute approximate surface area is 159 Å². The zero-order valence-electron chi connectivity index (χ0n) is 15.2. The number of aryl methyl sites for hydroxylation is 1. The molecule has 3 rings (SSSR count). The molecule has 1 unspecified atom stereocenters. The average molecular weight is 388 g/mol. The molecule has 1 aliphatic heterocycles. The van der Waals surface area contributed by atoms with Crippen molar-refractivity contribution < 1.29 is 13.2 Å². The lowest BCUT2D eigenvalue weighted by Crippen LogP contribution is -2.38. The normalized spacial score (nSPS) is 17.1. The molecule has 0 fully saturated rings. The lowest BCUT2D eigenvalue weighted by Gasteiger charge is -2.26. The molecular weight excluding hydrogens is 364 g/mol. The first-order valence-corrected chi connectivity index (χ1v) is 10.3. The van der Waals surface area contributed by atoms with E-state index in [0.717, 1.165) is 23.3 Å². The molecule has 1 atom stereocenters. The zero-order chi connectivity index (χ0) is 19.3. The van der Waals surface area contributed by atoms with E-state index < -0.39 is 10.0 Å². The minimum atomic E-state index is -3.54. The highest BCUT2D eigenvalue weighted by molar-refractivity contribution is 7.89. The maximum Gasteiger partial charge on any atom is 0.240 e. The molecule has 8 heteroatoms. The minimum Gasteiger partial charge on any atom is -0.493 e. The summed E-state index contributed by atoms with van der Waals surface area (Å²) in [7, 11) is -3.54. The van der Waals surface area contributed by atoms with Gasteiger partial charge in [0.05, 0.1) is 24.1 Å². The average Bonchev–Trinajstić information content (AvgIpc) is 2.66. The van der Waals surface area contributed by atoms with Crippen molar-refractivity contribution in [1.29, 1.82) is 0 Å². The number of fused-ring (bicyclic) bond motifs is 1. The van der Waals surface area contributed by atoms with Crippen molar-refractivity contribution in [1.82, 2.24) is 10.0 Å². The van der Waals surface area contributed by atoms with Gasteiger partial charge in [0.25, 0.3) is 0 Å². The third-order valence-corrected chi connectivity index (χ3v) is 5.77. The van der Waals surface area contributed by atoms with Crippen molar-refractivity contribution in [2.75, 3.05) is 19.7 Å². The summed E-state index contributed by atoms with van der Waals surface area (Å²) in [6, 6.07) is 14.5. The number of benzene rings is 2. The molecule has 27 heavy (non-hydrogen) atoms. The first kappa shape index (κ1) is 19.2. The van der Waals surface area contributed by atoms with Gasteiger partial charge in [-0.15, -0.1) is 0 Å². The van der Waals surface area contributed by atoms with Crippen LogP contribution in [-0.4, -0.2) is 34.1 Å². The quantitative estimate of drug-likeness (QED) is 0.397. The predicted molar refractivity (Wildman–Crippen MR) is 105 cm³/mol. The largest absolute Gasteiger partial charge is 0.493 e. The van der Waals surface area contributed by atoms with Gasteiger partial charge in [-0.3, -0.25) is 4.99 Å². The maximum atomic E-state index is 12.2. The fourth-order valence-corrected chi connectivity index (χ4v) is 3.89. The highest BCUT2D eigenvalue weighted by Gasteiger charge is 2.21. The van der Waals surface area contributed by atoms with Crippen LogP contribution >= 0.6 is 0 Å². The van der Waals surface area contributed by atoms with Gasteiger partial charge in [0.2, 0.25) is 10.0 Å². The molecule has 0 aromatic heterocycles. The Morgan fingerprint density at radius 3 is 2.74 bits per heavy atom. The fourth-order valence-electron chi connectivity index (χ4n) is 2.87. The van der Waals surface area contributed by atoms with Crippen molar-refractivity contribution in [3.8, 4) is 5.75 Å². The topological polar surface area (TPSA) is 106 Å². The van der Waals surface area contributed by atoms with Gasteiger partial charge < -0.3 is 15.8 Å². The summed E-state index contributed by atoms with van der Waals surface area (Å²) in [5.74, 6) is 1.13. The maximum absolute atomic E-state index is 12.2. The Kier molecular flexibility index (Phi) is 5.98. The molecule has 2 aromatic rings. The first-order valence-electron chi connectivity index (χ1n) is 8.80. The zero-order valence-corrected chi connectivity index (χ0v) is 16.0. The number of ether oxygens (including phenoxy) is 1. The lowest BCUT2D eigenvalue weighted by molar-refractivity contribution is 0.262. The number of nitrogens with zero attached hydrogens (tertiary/aromatic N) is 1. The SMILES string of the molecule is Cc1ccc(S(=O)(=O)NCCN=C(N)NC2CCOc3ccccc32)cc1. The van der Waals surface area contributed by atoms with Crippen LogP contribution in [0, 0.1) is 6.92 Å². The van der Waals surface area contributed by atoms with Crippen LogP contribution in [0.5, 0.6) is 5.75 Å². The molecule has 1 heterocycles. The minimum absolute atomic E-state index is 0.0305. The van der Waals surface area contributed by atoms with Gasteiger partial charge in [-0.05, 0) is 25.1 Å². The van der Waals surface area contributed by atoms with Gasteiger partial charge in [-0.2, -0.15) is 0 Å². The summed E-state index contributed by atoms with van der Waals surface area (Å²) in [6.45, 7) is 2.93. The molecule has 0 aliphatic carbocycles. The van der Waals surface area contributed by atoms with Crippen LogP contribution in [0.1, 0.15) is 23.6 Å². The Bertz CT molecular complexity index is 911. The molecule has 0 amide bonds. The summed E-state index contributed by atoms with van der Waals surface area (Å²) < 4.78 is 32.6. The number of nitrogens with one attached hydrogen (secondary N) is 2. The smallest absolute Gasteiger partial charge is 0.240 e. The van der Waals surface area contributed by atoms with Crippen molar-refractivity contribution in [2.45, 2.75) is 24.3 Å². The fraction of sp³-hybridized carbons (Fsp3) is 0.316. The molecule has 2 aromatic carbocycles.